The van der Waals surface area contributed by atoms with Gasteiger partial charge in [0.05, 0.1) is 37.4 Å². The molecule has 1 rings (SSSR count). The van der Waals surface area contributed by atoms with E-state index in [1.54, 1.807) is 13.8 Å². The van der Waals surface area contributed by atoms with E-state index in [1.807, 2.05) is 60.3 Å². The maximum absolute atomic E-state index is 11.8. The first-order chi connectivity index (χ1) is 26.2. The van der Waals surface area contributed by atoms with Crippen LogP contribution in [0.5, 0.6) is 0 Å². The van der Waals surface area contributed by atoms with Crippen LogP contribution in [0.15, 0.2) is 0 Å². The standard InChI is InChI=1S/C15H29NO3.C7H14N2O3.C6H11N3O3.C6H11NO.C3H8.C2H6/c1-7-12(17)11-15(5,6)19-10-9-14(3,4)13(18)16-8-2;1-5(6(2)11)9-7(12)3-8-4-10;1-7-5(11)3-9-6(12)2-8-4-10;1-6-3-2-4-7(6)5-8;1-3-2;1-2/h7-11H2,1-6H3,(H,16,18);4-6,11H,3H2,1-2H3,(H,8,10)(H,9,12);4H,2-3H2,1H3,(H,7,11)(H,8,10)(H,9,12);5-6H,2-4H2,1H3;3H2,1-2H3;1-2H3. The van der Waals surface area contributed by atoms with Gasteiger partial charge in [0.2, 0.25) is 42.9 Å². The highest BCUT2D eigenvalue weighted by Gasteiger charge is 2.29. The van der Waals surface area contributed by atoms with Gasteiger partial charge in [0.15, 0.2) is 0 Å². The van der Waals surface area contributed by atoms with Gasteiger partial charge in [0, 0.05) is 51.0 Å². The van der Waals surface area contributed by atoms with E-state index in [0.717, 1.165) is 13.0 Å². The fourth-order valence-electron chi connectivity index (χ4n) is 3.88. The minimum atomic E-state index is -0.592. The number of hydrogen-bond acceptors (Lipinski definition) is 10. The van der Waals surface area contributed by atoms with Gasteiger partial charge in [0.1, 0.15) is 5.78 Å². The van der Waals surface area contributed by atoms with Gasteiger partial charge in [-0.2, -0.15) is 0 Å². The second-order valence-corrected chi connectivity index (χ2v) is 13.8. The lowest BCUT2D eigenvalue weighted by atomic mass is 9.88. The lowest BCUT2D eigenvalue weighted by Crippen LogP contribution is -2.43. The Morgan fingerprint density at radius 1 is 0.857 bits per heavy atom. The maximum atomic E-state index is 11.8. The van der Waals surface area contributed by atoms with Crippen molar-refractivity contribution in [1.82, 2.24) is 36.8 Å². The van der Waals surface area contributed by atoms with Gasteiger partial charge in [-0.05, 0) is 60.8 Å². The van der Waals surface area contributed by atoms with Crippen LogP contribution in [0.25, 0.3) is 0 Å². The number of likely N-dealkylation sites (N-methyl/N-ethyl adjacent to an activating group) is 1. The molecule has 1 fully saturated rings. The zero-order chi connectivity index (χ0) is 44.8. The maximum Gasteiger partial charge on any atom is 0.239 e. The third-order valence-electron chi connectivity index (χ3n) is 7.46. The van der Waals surface area contributed by atoms with Gasteiger partial charge in [0.25, 0.3) is 0 Å². The number of ketones is 1. The number of hydrogen-bond donors (Lipinski definition) is 7. The van der Waals surface area contributed by atoms with E-state index in [4.69, 9.17) is 9.84 Å². The van der Waals surface area contributed by atoms with Crippen LogP contribution in [0.2, 0.25) is 0 Å². The molecule has 0 aromatic rings. The number of likely N-dealkylation sites (tertiary alicyclic amines) is 1. The Hall–Kier alpha value is -4.12. The molecule has 0 radical (unpaired) electrons. The summed E-state index contributed by atoms with van der Waals surface area (Å²) in [7, 11) is 1.47. The van der Waals surface area contributed by atoms with E-state index in [-0.39, 0.29) is 49.2 Å². The lowest BCUT2D eigenvalue weighted by molar-refractivity contribution is -0.133. The van der Waals surface area contributed by atoms with Crippen molar-refractivity contribution >= 4 is 48.6 Å². The van der Waals surface area contributed by atoms with Crippen LogP contribution >= 0.6 is 0 Å². The van der Waals surface area contributed by atoms with E-state index in [9.17, 15) is 38.4 Å². The molecule has 1 aliphatic heterocycles. The Bertz CT molecular complexity index is 1070. The Labute approximate surface area is 337 Å². The first-order valence-electron chi connectivity index (χ1n) is 19.6. The molecule has 7 amide bonds. The van der Waals surface area contributed by atoms with Crippen LogP contribution in [-0.4, -0.2) is 129 Å². The van der Waals surface area contributed by atoms with Crippen LogP contribution in [-0.2, 0) is 43.1 Å². The molecule has 7 N–H and O–H groups in total. The Morgan fingerprint density at radius 2 is 1.38 bits per heavy atom. The molecule has 0 aliphatic carbocycles. The predicted octanol–water partition coefficient (Wildman–Crippen LogP) is 1.99. The van der Waals surface area contributed by atoms with E-state index in [0.29, 0.717) is 51.3 Å². The average Bonchev–Trinajstić information content (AvgIpc) is 3.58. The summed E-state index contributed by atoms with van der Waals surface area (Å²) < 4.78 is 5.77. The van der Waals surface area contributed by atoms with E-state index < -0.39 is 23.0 Å². The SMILES string of the molecule is CC.CC(O)C(C)NC(=O)CNC=O.CC1CCCN1C=O.CCC.CCNC(=O)C(C)(C)CCOC(C)(C)CC(=O)CC.CNC(=O)CNC(=O)CNC=O. The number of aliphatic hydroxyl groups excluding tert-OH is 1. The molecule has 330 valence electrons. The molecule has 3 atom stereocenters. The second-order valence-electron chi connectivity index (χ2n) is 13.8. The van der Waals surface area contributed by atoms with Crippen LogP contribution in [0.3, 0.4) is 0 Å². The minimum Gasteiger partial charge on any atom is -0.391 e. The molecule has 1 saturated heterocycles. The van der Waals surface area contributed by atoms with E-state index in [1.165, 1.54) is 26.3 Å². The number of carbonyl (C=O) groups is 8. The smallest absolute Gasteiger partial charge is 0.239 e. The molecule has 0 aromatic carbocycles. The summed E-state index contributed by atoms with van der Waals surface area (Å²) in [6.45, 7) is 26.9. The number of nitrogens with one attached hydrogen (secondary N) is 6. The molecule has 0 bridgehead atoms. The van der Waals surface area contributed by atoms with Crippen molar-refractivity contribution in [3.05, 3.63) is 0 Å². The first kappa shape index (κ1) is 61.1. The molecule has 3 unspecified atom stereocenters. The Kier molecular flexibility index (Phi) is 42.7. The quantitative estimate of drug-likeness (QED) is 0.0883. The third-order valence-corrected chi connectivity index (χ3v) is 7.46. The highest BCUT2D eigenvalue weighted by Crippen LogP contribution is 2.23. The molecule has 17 heteroatoms. The molecular weight excluding hydrogens is 726 g/mol. The number of nitrogens with zero attached hydrogens (tertiary/aromatic N) is 1. The summed E-state index contributed by atoms with van der Waals surface area (Å²) in [5.74, 6) is -0.746. The van der Waals surface area contributed by atoms with Crippen molar-refractivity contribution in [3.63, 3.8) is 0 Å². The zero-order valence-corrected chi connectivity index (χ0v) is 37.0. The first-order valence-corrected chi connectivity index (χ1v) is 19.6. The van der Waals surface area contributed by atoms with Gasteiger partial charge in [-0.25, -0.2) is 0 Å². The second kappa shape index (κ2) is 39.1. The molecule has 1 aliphatic rings. The zero-order valence-electron chi connectivity index (χ0n) is 37.0. The van der Waals surface area contributed by atoms with Crippen molar-refractivity contribution in [2.24, 2.45) is 5.41 Å². The van der Waals surface area contributed by atoms with Crippen molar-refractivity contribution in [2.45, 2.75) is 152 Å². The van der Waals surface area contributed by atoms with Crippen LogP contribution in [0.1, 0.15) is 129 Å². The van der Waals surface area contributed by atoms with Crippen molar-refractivity contribution in [2.75, 3.05) is 46.4 Å². The highest BCUT2D eigenvalue weighted by atomic mass is 16.5. The fourth-order valence-corrected chi connectivity index (χ4v) is 3.88. The lowest BCUT2D eigenvalue weighted by Gasteiger charge is -2.28. The van der Waals surface area contributed by atoms with Gasteiger partial charge in [-0.15, -0.1) is 0 Å². The normalized spacial score (nSPS) is 13.6. The van der Waals surface area contributed by atoms with Crippen LogP contribution in [0.4, 0.5) is 0 Å². The van der Waals surface area contributed by atoms with E-state index >= 15 is 0 Å². The molecule has 0 spiro atoms. The number of aliphatic hydroxyl groups is 1. The summed E-state index contributed by atoms with van der Waals surface area (Å²) >= 11 is 0. The number of rotatable bonds is 20. The van der Waals surface area contributed by atoms with Gasteiger partial charge < -0.3 is 46.6 Å². The number of carbonyl (C=O) groups excluding carboxylic acids is 8. The Balaban J connectivity index is -0.000000206. The summed E-state index contributed by atoms with van der Waals surface area (Å²) in [6.07, 6.45) is 6.43. The predicted molar refractivity (Wildman–Crippen MR) is 220 cm³/mol. The largest absolute Gasteiger partial charge is 0.391 e. The topological polar surface area (TPSA) is 241 Å². The molecule has 0 saturated carbocycles. The molecule has 56 heavy (non-hydrogen) atoms. The van der Waals surface area contributed by atoms with Gasteiger partial charge >= 0.3 is 0 Å². The third kappa shape index (κ3) is 39.6. The summed E-state index contributed by atoms with van der Waals surface area (Å²) in [4.78, 5) is 86.9. The molecule has 17 nitrogen and oxygen atoms in total. The summed E-state index contributed by atoms with van der Waals surface area (Å²) in [5, 5.41) is 23.3. The minimum absolute atomic E-state index is 0.0426. The van der Waals surface area contributed by atoms with Crippen molar-refractivity contribution in [1.29, 1.82) is 0 Å². The molecule has 1 heterocycles. The van der Waals surface area contributed by atoms with Crippen molar-refractivity contribution < 1.29 is 48.2 Å². The molecule has 0 aromatic heterocycles. The van der Waals surface area contributed by atoms with Gasteiger partial charge in [-0.3, -0.25) is 38.4 Å². The average molecular weight is 806 g/mol. The number of Topliss-reactive ketones (excluding diaryl/α,β-unsaturated/α-hetero) is 1. The fraction of sp³-hybridized carbons (Fsp3) is 0.795. The summed E-state index contributed by atoms with van der Waals surface area (Å²) in [5.41, 5.74) is -0.898. The Morgan fingerprint density at radius 3 is 1.75 bits per heavy atom. The van der Waals surface area contributed by atoms with Crippen LogP contribution in [0, 0.1) is 5.41 Å². The molecular formula is C39H79N7O10. The number of ether oxygens (including phenoxy) is 1. The number of amides is 7. The van der Waals surface area contributed by atoms with Gasteiger partial charge in [-0.1, -0.05) is 54.9 Å². The van der Waals surface area contributed by atoms with Crippen molar-refractivity contribution in [3.8, 4) is 0 Å². The summed E-state index contributed by atoms with van der Waals surface area (Å²) in [6, 6.07) is 0.193. The van der Waals surface area contributed by atoms with Crippen LogP contribution < -0.4 is 31.9 Å². The highest BCUT2D eigenvalue weighted by molar-refractivity contribution is 5.86. The van der Waals surface area contributed by atoms with E-state index in [2.05, 4.69) is 52.7 Å². The monoisotopic (exact) mass is 806 g/mol.